The summed E-state index contributed by atoms with van der Waals surface area (Å²) in [6.07, 6.45) is 2.72. The number of hydrogen-bond acceptors (Lipinski definition) is 4. The van der Waals surface area contributed by atoms with E-state index in [0.717, 1.165) is 0 Å². The first-order valence-electron chi connectivity index (χ1n) is 4.97. The molecule has 0 spiro atoms. The van der Waals surface area contributed by atoms with E-state index in [1.54, 1.807) is 12.1 Å². The summed E-state index contributed by atoms with van der Waals surface area (Å²) in [4.78, 5) is 29.0. The molecule has 0 atom stereocenters. The monoisotopic (exact) mass is 262 g/mol. The first-order chi connectivity index (χ1) is 8.58. The van der Waals surface area contributed by atoms with Crippen LogP contribution in [0.1, 0.15) is 21.0 Å². The molecule has 98 valence electrons. The minimum atomic E-state index is -1.13. The highest BCUT2D eigenvalue weighted by Crippen LogP contribution is 2.19. The third kappa shape index (κ3) is 3.11. The van der Waals surface area contributed by atoms with Crippen LogP contribution in [0.4, 0.5) is 0 Å². The summed E-state index contributed by atoms with van der Waals surface area (Å²) in [6, 6.07) is 5.97. The van der Waals surface area contributed by atoms with Crippen LogP contribution >= 0.6 is 0 Å². The fraction of sp³-hybridized carbons (Fsp3) is 0. The summed E-state index contributed by atoms with van der Waals surface area (Å²) < 4.78 is 0. The van der Waals surface area contributed by atoms with Gasteiger partial charge in [-0.25, -0.2) is 19.6 Å². The Morgan fingerprint density at radius 3 is 1.53 bits per heavy atom. The lowest BCUT2D eigenvalue weighted by Gasteiger charge is -2.03. The SMILES string of the molecule is O.O=C(O)c1cc(-c2ccnc(C(=O)O)c2)ccn1. The molecule has 2 aromatic heterocycles. The topological polar surface area (TPSA) is 132 Å². The molecule has 0 fully saturated rings. The number of hydrogen-bond donors (Lipinski definition) is 2. The summed E-state index contributed by atoms with van der Waals surface area (Å²) in [5.41, 5.74) is 0.960. The molecule has 2 rings (SSSR count). The molecule has 7 heteroatoms. The van der Waals surface area contributed by atoms with Crippen molar-refractivity contribution in [1.29, 1.82) is 0 Å². The lowest BCUT2D eigenvalue weighted by molar-refractivity contribution is 0.0679. The standard InChI is InChI=1S/C12H8N2O4.H2O/c15-11(16)9-5-7(1-3-13-9)8-2-4-14-10(6-8)12(17)18;/h1-6H,(H,15,16)(H,17,18);1H2. The van der Waals surface area contributed by atoms with Gasteiger partial charge in [-0.05, 0) is 35.4 Å². The average molecular weight is 262 g/mol. The van der Waals surface area contributed by atoms with Crippen LogP contribution in [0.15, 0.2) is 36.7 Å². The van der Waals surface area contributed by atoms with E-state index in [0.29, 0.717) is 11.1 Å². The molecule has 0 aliphatic carbocycles. The van der Waals surface area contributed by atoms with Gasteiger partial charge in [-0.15, -0.1) is 0 Å². The second-order valence-electron chi connectivity index (χ2n) is 3.47. The average Bonchev–Trinajstić information content (AvgIpc) is 2.39. The van der Waals surface area contributed by atoms with Crippen molar-refractivity contribution in [2.45, 2.75) is 0 Å². The minimum absolute atomic E-state index is 0. The number of rotatable bonds is 3. The second kappa shape index (κ2) is 5.69. The van der Waals surface area contributed by atoms with Gasteiger partial charge in [0, 0.05) is 12.4 Å². The fourth-order valence-corrected chi connectivity index (χ4v) is 1.45. The number of aromatic carboxylic acids is 2. The molecule has 7 nitrogen and oxygen atoms in total. The molecule has 0 saturated carbocycles. The van der Waals surface area contributed by atoms with Crippen LogP contribution in [0.5, 0.6) is 0 Å². The van der Waals surface area contributed by atoms with Crippen molar-refractivity contribution in [2.75, 3.05) is 0 Å². The Morgan fingerprint density at radius 1 is 0.842 bits per heavy atom. The Kier molecular flexibility index (Phi) is 4.27. The van der Waals surface area contributed by atoms with Gasteiger partial charge in [0.25, 0.3) is 0 Å². The zero-order valence-electron chi connectivity index (χ0n) is 9.57. The maximum absolute atomic E-state index is 10.8. The van der Waals surface area contributed by atoms with Gasteiger partial charge >= 0.3 is 11.9 Å². The van der Waals surface area contributed by atoms with E-state index in [1.165, 1.54) is 24.5 Å². The molecule has 0 bridgehead atoms. The molecule has 2 heterocycles. The van der Waals surface area contributed by atoms with E-state index in [1.807, 2.05) is 0 Å². The predicted octanol–water partition coefficient (Wildman–Crippen LogP) is 0.715. The second-order valence-corrected chi connectivity index (χ2v) is 3.47. The van der Waals surface area contributed by atoms with Crippen LogP contribution in [0.25, 0.3) is 11.1 Å². The van der Waals surface area contributed by atoms with Crippen molar-refractivity contribution in [2.24, 2.45) is 0 Å². The van der Waals surface area contributed by atoms with Crippen molar-refractivity contribution in [1.82, 2.24) is 9.97 Å². The molecular weight excluding hydrogens is 252 g/mol. The van der Waals surface area contributed by atoms with E-state index >= 15 is 0 Å². The van der Waals surface area contributed by atoms with Crippen molar-refractivity contribution in [3.63, 3.8) is 0 Å². The number of carboxylic acids is 2. The zero-order chi connectivity index (χ0) is 13.1. The molecule has 0 aliphatic heterocycles. The Labute approximate surface area is 107 Å². The van der Waals surface area contributed by atoms with Crippen molar-refractivity contribution < 1.29 is 25.3 Å². The van der Waals surface area contributed by atoms with Gasteiger partial charge in [-0.1, -0.05) is 0 Å². The third-order valence-corrected chi connectivity index (χ3v) is 2.29. The number of carbonyl (C=O) groups is 2. The summed E-state index contributed by atoms with van der Waals surface area (Å²) in [5, 5.41) is 17.7. The Hall–Kier alpha value is -2.80. The van der Waals surface area contributed by atoms with Crippen LogP contribution in [0, 0.1) is 0 Å². The fourth-order valence-electron chi connectivity index (χ4n) is 1.45. The molecule has 0 amide bonds. The normalized spacial score (nSPS) is 9.47. The van der Waals surface area contributed by atoms with Gasteiger partial charge in [0.05, 0.1) is 0 Å². The number of nitrogens with zero attached hydrogens (tertiary/aromatic N) is 2. The highest BCUT2D eigenvalue weighted by atomic mass is 16.4. The van der Waals surface area contributed by atoms with Crippen molar-refractivity contribution >= 4 is 11.9 Å². The van der Waals surface area contributed by atoms with Gasteiger partial charge in [0.1, 0.15) is 11.4 Å². The maximum Gasteiger partial charge on any atom is 0.354 e. The molecule has 19 heavy (non-hydrogen) atoms. The first-order valence-corrected chi connectivity index (χ1v) is 4.97. The predicted molar refractivity (Wildman–Crippen MR) is 65.0 cm³/mol. The summed E-state index contributed by atoms with van der Waals surface area (Å²) >= 11 is 0. The van der Waals surface area contributed by atoms with Gasteiger partial charge in [-0.3, -0.25) is 0 Å². The maximum atomic E-state index is 10.8. The summed E-state index contributed by atoms with van der Waals surface area (Å²) in [6.45, 7) is 0. The number of aromatic nitrogens is 2. The smallest absolute Gasteiger partial charge is 0.354 e. The zero-order valence-corrected chi connectivity index (χ0v) is 9.57. The van der Waals surface area contributed by atoms with E-state index in [4.69, 9.17) is 10.2 Å². The molecule has 0 aromatic carbocycles. The Balaban J connectivity index is 0.00000180. The molecule has 0 unspecified atom stereocenters. The third-order valence-electron chi connectivity index (χ3n) is 2.29. The molecule has 2 aromatic rings. The van der Waals surface area contributed by atoms with Crippen LogP contribution in [0.3, 0.4) is 0 Å². The number of pyridine rings is 2. The van der Waals surface area contributed by atoms with Crippen LogP contribution in [-0.4, -0.2) is 37.6 Å². The summed E-state index contributed by atoms with van der Waals surface area (Å²) in [7, 11) is 0. The molecule has 0 aliphatic rings. The Morgan fingerprint density at radius 2 is 1.21 bits per heavy atom. The summed E-state index contributed by atoms with van der Waals surface area (Å²) in [5.74, 6) is -2.27. The van der Waals surface area contributed by atoms with E-state index in [2.05, 4.69) is 9.97 Å². The van der Waals surface area contributed by atoms with Crippen LogP contribution in [0.2, 0.25) is 0 Å². The highest BCUT2D eigenvalue weighted by Gasteiger charge is 2.09. The lowest BCUT2D eigenvalue weighted by Crippen LogP contribution is -2.01. The number of carboxylic acid groups (broad SMARTS) is 2. The largest absolute Gasteiger partial charge is 0.477 e. The van der Waals surface area contributed by atoms with Gasteiger partial charge < -0.3 is 15.7 Å². The van der Waals surface area contributed by atoms with Crippen LogP contribution in [-0.2, 0) is 0 Å². The van der Waals surface area contributed by atoms with E-state index < -0.39 is 11.9 Å². The van der Waals surface area contributed by atoms with E-state index in [-0.39, 0.29) is 16.9 Å². The minimum Gasteiger partial charge on any atom is -0.477 e. The molecule has 0 saturated heterocycles. The van der Waals surface area contributed by atoms with Crippen LogP contribution < -0.4 is 0 Å². The van der Waals surface area contributed by atoms with Crippen molar-refractivity contribution in [3.8, 4) is 11.1 Å². The molecular formula is C12H10N2O5. The highest BCUT2D eigenvalue weighted by molar-refractivity contribution is 5.89. The van der Waals surface area contributed by atoms with Gasteiger partial charge in [-0.2, -0.15) is 0 Å². The van der Waals surface area contributed by atoms with Crippen molar-refractivity contribution in [3.05, 3.63) is 48.0 Å². The quantitative estimate of drug-likeness (QED) is 0.837. The first kappa shape index (κ1) is 14.3. The van der Waals surface area contributed by atoms with E-state index in [9.17, 15) is 9.59 Å². The molecule has 4 N–H and O–H groups in total. The lowest BCUT2D eigenvalue weighted by atomic mass is 10.1. The Bertz CT molecular complexity index is 572. The van der Waals surface area contributed by atoms with Gasteiger partial charge in [0.15, 0.2) is 0 Å². The molecule has 0 radical (unpaired) electrons. The van der Waals surface area contributed by atoms with Gasteiger partial charge in [0.2, 0.25) is 0 Å².